The van der Waals surface area contributed by atoms with Crippen LogP contribution in [0.5, 0.6) is 0 Å². The van der Waals surface area contributed by atoms with Crippen molar-refractivity contribution >= 4 is 17.9 Å². The largest absolute Gasteiger partial charge is 0.478 e. The van der Waals surface area contributed by atoms with Gasteiger partial charge in [-0.05, 0) is 73.9 Å². The maximum atomic E-state index is 11.0. The first-order chi connectivity index (χ1) is 11.9. The highest BCUT2D eigenvalue weighted by atomic mass is 16.4. The molecule has 0 radical (unpaired) electrons. The fourth-order valence-electron chi connectivity index (χ4n) is 2.58. The number of rotatable bonds is 4. The van der Waals surface area contributed by atoms with Crippen LogP contribution in [0, 0.1) is 20.8 Å². The summed E-state index contributed by atoms with van der Waals surface area (Å²) in [7, 11) is 0. The van der Waals surface area contributed by atoms with Gasteiger partial charge in [-0.15, -0.1) is 0 Å². The monoisotopic (exact) mass is 333 g/mol. The van der Waals surface area contributed by atoms with Crippen molar-refractivity contribution in [2.75, 3.05) is 0 Å². The lowest BCUT2D eigenvalue weighted by Crippen LogP contribution is -1.96. The molecule has 0 bridgehead atoms. The summed E-state index contributed by atoms with van der Waals surface area (Å²) in [5.74, 6) is 0.404. The van der Waals surface area contributed by atoms with Gasteiger partial charge in [-0.25, -0.2) is 4.79 Å². The molecule has 0 spiro atoms. The van der Waals surface area contributed by atoms with Gasteiger partial charge in [-0.1, -0.05) is 12.1 Å². The molecule has 2 aromatic carbocycles. The Labute approximate surface area is 146 Å². The topological polar surface area (TPSA) is 62.8 Å². The van der Waals surface area contributed by atoms with Gasteiger partial charge in [0, 0.05) is 5.56 Å². The van der Waals surface area contributed by atoms with Gasteiger partial charge in [0.15, 0.2) is 0 Å². The van der Waals surface area contributed by atoms with Crippen LogP contribution in [-0.2, 0) is 0 Å². The van der Waals surface area contributed by atoms with Crippen molar-refractivity contribution in [3.8, 4) is 11.3 Å². The predicted molar refractivity (Wildman–Crippen MR) is 99.0 cm³/mol. The number of nitrogens with zero attached hydrogens (tertiary/aromatic N) is 1. The minimum atomic E-state index is -0.935. The number of benzene rings is 2. The fourth-order valence-corrected chi connectivity index (χ4v) is 2.58. The summed E-state index contributed by atoms with van der Waals surface area (Å²) in [6.07, 6.45) is 1.69. The number of carboxylic acid groups (broad SMARTS) is 1. The van der Waals surface area contributed by atoms with Crippen LogP contribution >= 0.6 is 0 Å². The molecular formula is C21H19NO3. The number of aliphatic imine (C=N–C) groups is 1. The van der Waals surface area contributed by atoms with Crippen molar-refractivity contribution in [2.45, 2.75) is 20.8 Å². The van der Waals surface area contributed by atoms with E-state index in [1.807, 2.05) is 37.3 Å². The summed E-state index contributed by atoms with van der Waals surface area (Å²) in [6, 6.07) is 14.8. The van der Waals surface area contributed by atoms with E-state index < -0.39 is 5.97 Å². The van der Waals surface area contributed by atoms with Crippen LogP contribution in [0.3, 0.4) is 0 Å². The Hall–Kier alpha value is -3.14. The van der Waals surface area contributed by atoms with E-state index in [9.17, 15) is 4.79 Å². The van der Waals surface area contributed by atoms with Gasteiger partial charge >= 0.3 is 5.97 Å². The van der Waals surface area contributed by atoms with Gasteiger partial charge in [-0.3, -0.25) is 4.99 Å². The normalized spacial score (nSPS) is 11.2. The molecule has 0 unspecified atom stereocenters. The van der Waals surface area contributed by atoms with E-state index in [-0.39, 0.29) is 5.56 Å². The Kier molecular flexibility index (Phi) is 4.52. The zero-order valence-electron chi connectivity index (χ0n) is 14.4. The van der Waals surface area contributed by atoms with E-state index in [2.05, 4.69) is 18.8 Å². The molecule has 1 N–H and O–H groups in total. The lowest BCUT2D eigenvalue weighted by Gasteiger charge is -2.04. The molecule has 4 heteroatoms. The molecule has 0 aliphatic carbocycles. The fraction of sp³-hybridized carbons (Fsp3) is 0.143. The molecule has 1 heterocycles. The Bertz CT molecular complexity index is 967. The number of aryl methyl sites for hydroxylation is 3. The SMILES string of the molecule is Cc1ccc(N=Cc2ccc(-c3ccc(C(=O)O)cc3C)o2)cc1C. The summed E-state index contributed by atoms with van der Waals surface area (Å²) in [6.45, 7) is 6.00. The van der Waals surface area contributed by atoms with Crippen molar-refractivity contribution in [1.82, 2.24) is 0 Å². The molecule has 25 heavy (non-hydrogen) atoms. The number of hydrogen-bond acceptors (Lipinski definition) is 3. The highest BCUT2D eigenvalue weighted by Gasteiger charge is 2.10. The lowest BCUT2D eigenvalue weighted by molar-refractivity contribution is 0.0697. The average molecular weight is 333 g/mol. The van der Waals surface area contributed by atoms with Gasteiger partial charge in [-0.2, -0.15) is 0 Å². The predicted octanol–water partition coefficient (Wildman–Crippen LogP) is 5.32. The molecule has 1 aromatic heterocycles. The number of furan rings is 1. The quantitative estimate of drug-likeness (QED) is 0.657. The third kappa shape index (κ3) is 3.69. The molecule has 0 fully saturated rings. The summed E-state index contributed by atoms with van der Waals surface area (Å²) in [4.78, 5) is 15.5. The van der Waals surface area contributed by atoms with Crippen LogP contribution < -0.4 is 0 Å². The summed E-state index contributed by atoms with van der Waals surface area (Å²) in [5.41, 5.74) is 5.30. The number of carboxylic acids is 1. The molecule has 0 saturated carbocycles. The molecule has 0 aliphatic rings. The van der Waals surface area contributed by atoms with E-state index in [0.29, 0.717) is 11.5 Å². The summed E-state index contributed by atoms with van der Waals surface area (Å²) >= 11 is 0. The van der Waals surface area contributed by atoms with E-state index >= 15 is 0 Å². The first-order valence-electron chi connectivity index (χ1n) is 7.99. The van der Waals surface area contributed by atoms with Crippen LogP contribution in [0.25, 0.3) is 11.3 Å². The van der Waals surface area contributed by atoms with Crippen molar-refractivity contribution in [1.29, 1.82) is 0 Å². The summed E-state index contributed by atoms with van der Waals surface area (Å²) < 4.78 is 5.83. The molecular weight excluding hydrogens is 314 g/mol. The first kappa shape index (κ1) is 16.7. The average Bonchev–Trinajstić information content (AvgIpc) is 3.04. The van der Waals surface area contributed by atoms with E-state index in [4.69, 9.17) is 9.52 Å². The Morgan fingerprint density at radius 2 is 1.76 bits per heavy atom. The van der Waals surface area contributed by atoms with Gasteiger partial charge in [0.05, 0.1) is 17.5 Å². The van der Waals surface area contributed by atoms with Gasteiger partial charge in [0.2, 0.25) is 0 Å². The second-order valence-corrected chi connectivity index (χ2v) is 6.06. The lowest BCUT2D eigenvalue weighted by atomic mass is 10.0. The van der Waals surface area contributed by atoms with Crippen molar-refractivity contribution in [3.63, 3.8) is 0 Å². The maximum Gasteiger partial charge on any atom is 0.335 e. The molecule has 4 nitrogen and oxygen atoms in total. The third-order valence-electron chi connectivity index (χ3n) is 4.20. The standard InChI is InChI=1S/C21H19NO3/c1-13-4-6-17(11-14(13)2)22-12-18-7-9-20(25-18)19-8-5-16(21(23)24)10-15(19)3/h4-12H,1-3H3,(H,23,24). The van der Waals surface area contributed by atoms with Crippen molar-refractivity contribution in [3.05, 3.63) is 76.5 Å². The van der Waals surface area contributed by atoms with Crippen molar-refractivity contribution < 1.29 is 14.3 Å². The highest BCUT2D eigenvalue weighted by molar-refractivity contribution is 5.89. The Morgan fingerprint density at radius 3 is 2.44 bits per heavy atom. The molecule has 3 rings (SSSR count). The minimum Gasteiger partial charge on any atom is -0.478 e. The van der Waals surface area contributed by atoms with Crippen LogP contribution in [0.2, 0.25) is 0 Å². The van der Waals surface area contributed by atoms with Crippen LogP contribution in [0.1, 0.15) is 32.8 Å². The van der Waals surface area contributed by atoms with Crippen LogP contribution in [-0.4, -0.2) is 17.3 Å². The number of carbonyl (C=O) groups is 1. The Balaban J connectivity index is 1.84. The first-order valence-corrected chi connectivity index (χ1v) is 7.99. The van der Waals surface area contributed by atoms with Crippen LogP contribution in [0.4, 0.5) is 5.69 Å². The number of aromatic carboxylic acids is 1. The second-order valence-electron chi connectivity index (χ2n) is 6.06. The summed E-state index contributed by atoms with van der Waals surface area (Å²) in [5, 5.41) is 9.05. The zero-order chi connectivity index (χ0) is 18.0. The molecule has 0 saturated heterocycles. The van der Waals surface area contributed by atoms with Gasteiger partial charge in [0.1, 0.15) is 11.5 Å². The highest BCUT2D eigenvalue weighted by Crippen LogP contribution is 2.26. The van der Waals surface area contributed by atoms with E-state index in [1.165, 1.54) is 11.1 Å². The third-order valence-corrected chi connectivity index (χ3v) is 4.20. The minimum absolute atomic E-state index is 0.268. The van der Waals surface area contributed by atoms with E-state index in [0.717, 1.165) is 16.8 Å². The van der Waals surface area contributed by atoms with Gasteiger partial charge in [0.25, 0.3) is 0 Å². The van der Waals surface area contributed by atoms with Crippen LogP contribution in [0.15, 0.2) is 57.9 Å². The molecule has 0 atom stereocenters. The molecule has 0 aliphatic heterocycles. The Morgan fingerprint density at radius 1 is 0.960 bits per heavy atom. The maximum absolute atomic E-state index is 11.0. The van der Waals surface area contributed by atoms with Crippen molar-refractivity contribution in [2.24, 2.45) is 4.99 Å². The zero-order valence-corrected chi connectivity index (χ0v) is 14.4. The second kappa shape index (κ2) is 6.77. The van der Waals surface area contributed by atoms with E-state index in [1.54, 1.807) is 24.4 Å². The smallest absolute Gasteiger partial charge is 0.335 e. The number of hydrogen-bond donors (Lipinski definition) is 1. The van der Waals surface area contributed by atoms with Gasteiger partial charge < -0.3 is 9.52 Å². The molecule has 126 valence electrons. The molecule has 3 aromatic rings. The molecule has 0 amide bonds.